The molecule has 1 aliphatic heterocycles. The summed E-state index contributed by atoms with van der Waals surface area (Å²) in [6.45, 7) is 1.39. The summed E-state index contributed by atoms with van der Waals surface area (Å²) < 4.78 is 1.26. The summed E-state index contributed by atoms with van der Waals surface area (Å²) in [4.78, 5) is 31.0. The van der Waals surface area contributed by atoms with Crippen LogP contribution in [0.4, 0.5) is 0 Å². The first-order valence-electron chi connectivity index (χ1n) is 8.85. The molecule has 0 atom stereocenters. The molecular formula is C20H20N4O2. The molecule has 6 heteroatoms. The number of pyridine rings is 1. The third-order valence-corrected chi connectivity index (χ3v) is 5.07. The number of piperidine rings is 1. The van der Waals surface area contributed by atoms with E-state index >= 15 is 0 Å². The molecule has 3 heterocycles. The fourth-order valence-electron chi connectivity index (χ4n) is 3.57. The Bertz CT molecular complexity index is 976. The first kappa shape index (κ1) is 16.4. The number of amides is 1. The molecule has 0 spiro atoms. The number of hydrogen-bond donors (Lipinski definition) is 0. The number of fused-ring (bicyclic) bond motifs is 1. The Morgan fingerprint density at radius 1 is 1.08 bits per heavy atom. The Hall–Kier alpha value is -3.02. The third-order valence-electron chi connectivity index (χ3n) is 5.07. The number of carbonyl (C=O) groups is 1. The molecule has 0 radical (unpaired) electrons. The molecular weight excluding hydrogens is 328 g/mol. The van der Waals surface area contributed by atoms with Crippen LogP contribution in [0.3, 0.4) is 0 Å². The molecule has 0 unspecified atom stereocenters. The van der Waals surface area contributed by atoms with Crippen molar-refractivity contribution in [3.05, 3.63) is 70.9 Å². The van der Waals surface area contributed by atoms with Crippen molar-refractivity contribution in [2.75, 3.05) is 13.1 Å². The summed E-state index contributed by atoms with van der Waals surface area (Å²) in [7, 11) is 0. The van der Waals surface area contributed by atoms with Crippen LogP contribution in [0, 0.1) is 0 Å². The Morgan fingerprint density at radius 2 is 1.81 bits per heavy atom. The molecule has 0 saturated carbocycles. The van der Waals surface area contributed by atoms with Crippen LogP contribution >= 0.6 is 0 Å². The number of rotatable bonds is 3. The van der Waals surface area contributed by atoms with E-state index in [4.69, 9.17) is 0 Å². The lowest BCUT2D eigenvalue weighted by Gasteiger charge is -2.32. The van der Waals surface area contributed by atoms with Gasteiger partial charge in [0, 0.05) is 30.9 Å². The predicted molar refractivity (Wildman–Crippen MR) is 98.8 cm³/mol. The molecule has 26 heavy (non-hydrogen) atoms. The summed E-state index contributed by atoms with van der Waals surface area (Å²) in [5.74, 6) is 0.409. The van der Waals surface area contributed by atoms with Crippen LogP contribution in [-0.4, -0.2) is 38.7 Å². The number of aromatic nitrogens is 3. The number of carbonyl (C=O) groups excluding carboxylic acids is 1. The van der Waals surface area contributed by atoms with Gasteiger partial charge < -0.3 is 4.90 Å². The zero-order valence-electron chi connectivity index (χ0n) is 14.4. The molecule has 0 bridgehead atoms. The Morgan fingerprint density at radius 3 is 2.58 bits per heavy atom. The van der Waals surface area contributed by atoms with Crippen molar-refractivity contribution in [1.82, 2.24) is 19.7 Å². The van der Waals surface area contributed by atoms with Gasteiger partial charge in [-0.1, -0.05) is 18.2 Å². The largest absolute Gasteiger partial charge is 0.341 e. The average molecular weight is 348 g/mol. The van der Waals surface area contributed by atoms with Crippen molar-refractivity contribution in [2.24, 2.45) is 0 Å². The summed E-state index contributed by atoms with van der Waals surface area (Å²) in [6, 6.07) is 11.4. The normalized spacial score (nSPS) is 15.3. The standard InChI is InChI=1S/C20H20N4O2/c25-19(14-24-20(26)18-4-2-1-3-17(18)13-22-24)23-11-7-16(8-12-23)15-5-9-21-10-6-15/h1-6,9-10,13,16H,7-8,11-12,14H2. The maximum atomic E-state index is 12.6. The fraction of sp³-hybridized carbons (Fsp3) is 0.300. The third kappa shape index (κ3) is 3.22. The van der Waals surface area contributed by atoms with E-state index in [-0.39, 0.29) is 18.0 Å². The second-order valence-electron chi connectivity index (χ2n) is 6.63. The van der Waals surface area contributed by atoms with E-state index in [0.717, 1.165) is 18.2 Å². The van der Waals surface area contributed by atoms with Gasteiger partial charge in [-0.05, 0) is 42.5 Å². The van der Waals surface area contributed by atoms with E-state index in [2.05, 4.69) is 10.1 Å². The number of hydrogen-bond acceptors (Lipinski definition) is 4. The Kier molecular flexibility index (Phi) is 4.48. The van der Waals surface area contributed by atoms with E-state index in [0.29, 0.717) is 24.4 Å². The highest BCUT2D eigenvalue weighted by Gasteiger charge is 2.24. The molecule has 132 valence electrons. The molecule has 0 N–H and O–H groups in total. The van der Waals surface area contributed by atoms with E-state index in [1.165, 1.54) is 10.2 Å². The van der Waals surface area contributed by atoms with Crippen molar-refractivity contribution in [3.63, 3.8) is 0 Å². The number of benzene rings is 1. The molecule has 4 rings (SSSR count). The predicted octanol–water partition coefficient (Wildman–Crippen LogP) is 2.20. The summed E-state index contributed by atoms with van der Waals surface area (Å²) in [6.07, 6.45) is 7.11. The van der Waals surface area contributed by atoms with Gasteiger partial charge in [0.15, 0.2) is 0 Å². The molecule has 6 nitrogen and oxygen atoms in total. The second kappa shape index (κ2) is 7.07. The van der Waals surface area contributed by atoms with E-state index in [1.807, 2.05) is 47.6 Å². The summed E-state index contributed by atoms with van der Waals surface area (Å²) in [5, 5.41) is 5.53. The summed E-state index contributed by atoms with van der Waals surface area (Å²) in [5.41, 5.74) is 1.06. The lowest BCUT2D eigenvalue weighted by atomic mass is 9.90. The van der Waals surface area contributed by atoms with E-state index in [9.17, 15) is 9.59 Å². The minimum absolute atomic E-state index is 0.0103. The van der Waals surface area contributed by atoms with Gasteiger partial charge in [0.2, 0.25) is 5.91 Å². The maximum absolute atomic E-state index is 12.6. The highest BCUT2D eigenvalue weighted by atomic mass is 16.2. The first-order valence-corrected chi connectivity index (χ1v) is 8.85. The lowest BCUT2D eigenvalue weighted by molar-refractivity contribution is -0.133. The van der Waals surface area contributed by atoms with Gasteiger partial charge >= 0.3 is 0 Å². The smallest absolute Gasteiger partial charge is 0.275 e. The quantitative estimate of drug-likeness (QED) is 0.728. The minimum Gasteiger partial charge on any atom is -0.341 e. The monoisotopic (exact) mass is 348 g/mol. The van der Waals surface area contributed by atoms with E-state index < -0.39 is 0 Å². The van der Waals surface area contributed by atoms with Crippen molar-refractivity contribution in [1.29, 1.82) is 0 Å². The molecule has 1 aromatic carbocycles. The second-order valence-corrected chi connectivity index (χ2v) is 6.63. The van der Waals surface area contributed by atoms with Crippen LogP contribution in [0.2, 0.25) is 0 Å². The van der Waals surface area contributed by atoms with Crippen LogP contribution in [0.15, 0.2) is 59.8 Å². The summed E-state index contributed by atoms with van der Waals surface area (Å²) >= 11 is 0. The van der Waals surface area contributed by atoms with Crippen LogP contribution in [0.5, 0.6) is 0 Å². The van der Waals surface area contributed by atoms with Crippen LogP contribution in [0.25, 0.3) is 10.8 Å². The van der Waals surface area contributed by atoms with Gasteiger partial charge in [0.05, 0.1) is 11.6 Å². The first-order chi connectivity index (χ1) is 12.7. The number of nitrogens with zero attached hydrogens (tertiary/aromatic N) is 4. The highest BCUT2D eigenvalue weighted by molar-refractivity contribution is 5.81. The number of likely N-dealkylation sites (tertiary alicyclic amines) is 1. The van der Waals surface area contributed by atoms with Gasteiger partial charge in [0.25, 0.3) is 5.56 Å². The van der Waals surface area contributed by atoms with Gasteiger partial charge in [0.1, 0.15) is 6.54 Å². The van der Waals surface area contributed by atoms with E-state index in [1.54, 1.807) is 12.3 Å². The minimum atomic E-state index is -0.219. The molecule has 1 fully saturated rings. The molecule has 2 aromatic heterocycles. The van der Waals surface area contributed by atoms with Gasteiger partial charge in [-0.25, -0.2) is 4.68 Å². The highest BCUT2D eigenvalue weighted by Crippen LogP contribution is 2.27. The maximum Gasteiger partial charge on any atom is 0.275 e. The molecule has 0 aliphatic carbocycles. The Labute approximate surface area is 151 Å². The van der Waals surface area contributed by atoms with Gasteiger partial charge in [-0.15, -0.1) is 0 Å². The average Bonchev–Trinajstić information content (AvgIpc) is 2.71. The Balaban J connectivity index is 1.43. The van der Waals surface area contributed by atoms with Crippen LogP contribution in [-0.2, 0) is 11.3 Å². The fourth-order valence-corrected chi connectivity index (χ4v) is 3.57. The van der Waals surface area contributed by atoms with Gasteiger partial charge in [-0.2, -0.15) is 5.10 Å². The van der Waals surface area contributed by atoms with Crippen LogP contribution in [0.1, 0.15) is 24.3 Å². The van der Waals surface area contributed by atoms with Crippen molar-refractivity contribution >= 4 is 16.7 Å². The van der Waals surface area contributed by atoms with Crippen molar-refractivity contribution < 1.29 is 4.79 Å². The zero-order chi connectivity index (χ0) is 17.9. The molecule has 1 amide bonds. The SMILES string of the molecule is O=C(Cn1ncc2ccccc2c1=O)N1CCC(c2ccncc2)CC1. The van der Waals surface area contributed by atoms with Gasteiger partial charge in [-0.3, -0.25) is 14.6 Å². The zero-order valence-corrected chi connectivity index (χ0v) is 14.4. The lowest BCUT2D eigenvalue weighted by Crippen LogP contribution is -2.41. The molecule has 1 aliphatic rings. The molecule has 3 aromatic rings. The van der Waals surface area contributed by atoms with Crippen molar-refractivity contribution in [3.8, 4) is 0 Å². The topological polar surface area (TPSA) is 68.1 Å². The van der Waals surface area contributed by atoms with Crippen LogP contribution < -0.4 is 5.56 Å². The van der Waals surface area contributed by atoms with Crippen molar-refractivity contribution in [2.45, 2.75) is 25.3 Å². The molecule has 1 saturated heterocycles.